The molecule has 108 valence electrons. The molecule has 2 aliphatic rings. The fourth-order valence-electron chi connectivity index (χ4n) is 3.05. The Morgan fingerprint density at radius 2 is 1.95 bits per heavy atom. The zero-order valence-corrected chi connectivity index (χ0v) is 11.8. The van der Waals surface area contributed by atoms with Crippen LogP contribution in [0.25, 0.3) is 0 Å². The van der Waals surface area contributed by atoms with E-state index in [0.717, 1.165) is 18.7 Å². The van der Waals surface area contributed by atoms with E-state index < -0.39 is 0 Å². The molecule has 1 saturated heterocycles. The highest BCUT2D eigenvalue weighted by Gasteiger charge is 2.53. The van der Waals surface area contributed by atoms with Crippen molar-refractivity contribution in [2.24, 2.45) is 11.8 Å². The zero-order valence-electron chi connectivity index (χ0n) is 11.8. The molecule has 2 unspecified atom stereocenters. The minimum absolute atomic E-state index is 0.0802. The van der Waals surface area contributed by atoms with E-state index in [1.807, 2.05) is 18.2 Å². The summed E-state index contributed by atoms with van der Waals surface area (Å²) >= 11 is 0. The number of carbonyl (C=O) groups is 1. The van der Waals surface area contributed by atoms with Crippen LogP contribution in [0.5, 0.6) is 11.5 Å². The third kappa shape index (κ3) is 2.45. The summed E-state index contributed by atoms with van der Waals surface area (Å²) in [5.41, 5.74) is 0.934. The third-order valence-electron chi connectivity index (χ3n) is 4.23. The van der Waals surface area contributed by atoms with Gasteiger partial charge in [0, 0.05) is 19.1 Å². The SMILES string of the molecule is COc1ccc(CC(=O)NC2C3CNCC32)cc1OC. The molecule has 3 rings (SSSR count). The number of fused-ring (bicyclic) bond motifs is 1. The molecule has 1 aromatic carbocycles. The second-order valence-electron chi connectivity index (χ2n) is 5.45. The van der Waals surface area contributed by atoms with E-state index in [-0.39, 0.29) is 5.91 Å². The number of carbonyl (C=O) groups excluding carboxylic acids is 1. The van der Waals surface area contributed by atoms with Gasteiger partial charge in [-0.2, -0.15) is 0 Å². The standard InChI is InChI=1S/C15H20N2O3/c1-19-12-4-3-9(5-13(12)20-2)6-14(18)17-15-10-7-16-8-11(10)15/h3-5,10-11,15-16H,6-8H2,1-2H3,(H,17,18). The number of benzene rings is 1. The summed E-state index contributed by atoms with van der Waals surface area (Å²) in [6, 6.07) is 5.96. The van der Waals surface area contributed by atoms with Crippen LogP contribution < -0.4 is 20.1 Å². The maximum Gasteiger partial charge on any atom is 0.224 e. The molecular formula is C15H20N2O3. The van der Waals surface area contributed by atoms with Gasteiger partial charge in [-0.3, -0.25) is 4.79 Å². The van der Waals surface area contributed by atoms with Gasteiger partial charge >= 0.3 is 0 Å². The zero-order chi connectivity index (χ0) is 14.1. The summed E-state index contributed by atoms with van der Waals surface area (Å²) in [5, 5.41) is 6.44. The monoisotopic (exact) mass is 276 g/mol. The number of hydrogen-bond donors (Lipinski definition) is 2. The van der Waals surface area contributed by atoms with Crippen LogP contribution >= 0.6 is 0 Å². The molecule has 1 heterocycles. The minimum Gasteiger partial charge on any atom is -0.493 e. The van der Waals surface area contributed by atoms with Crippen LogP contribution in [0.1, 0.15) is 5.56 Å². The summed E-state index contributed by atoms with van der Waals surface area (Å²) in [6.07, 6.45) is 0.379. The van der Waals surface area contributed by atoms with Crippen molar-refractivity contribution in [3.8, 4) is 11.5 Å². The van der Waals surface area contributed by atoms with Crippen molar-refractivity contribution in [2.75, 3.05) is 27.3 Å². The Morgan fingerprint density at radius 1 is 1.25 bits per heavy atom. The van der Waals surface area contributed by atoms with E-state index in [9.17, 15) is 4.79 Å². The second-order valence-corrected chi connectivity index (χ2v) is 5.45. The molecule has 2 fully saturated rings. The number of hydrogen-bond acceptors (Lipinski definition) is 4. The summed E-state index contributed by atoms with van der Waals surface area (Å²) < 4.78 is 10.4. The molecule has 1 aromatic rings. The average molecular weight is 276 g/mol. The fourth-order valence-corrected chi connectivity index (χ4v) is 3.05. The Morgan fingerprint density at radius 3 is 2.60 bits per heavy atom. The van der Waals surface area contributed by atoms with E-state index in [4.69, 9.17) is 9.47 Å². The molecule has 20 heavy (non-hydrogen) atoms. The highest BCUT2D eigenvalue weighted by Crippen LogP contribution is 2.41. The van der Waals surface area contributed by atoms with Gasteiger partial charge in [0.05, 0.1) is 20.6 Å². The van der Waals surface area contributed by atoms with Crippen molar-refractivity contribution in [1.82, 2.24) is 10.6 Å². The highest BCUT2D eigenvalue weighted by atomic mass is 16.5. The Kier molecular flexibility index (Phi) is 3.53. The van der Waals surface area contributed by atoms with Crippen LogP contribution in [0.2, 0.25) is 0 Å². The quantitative estimate of drug-likeness (QED) is 0.826. The van der Waals surface area contributed by atoms with Crippen molar-refractivity contribution in [3.05, 3.63) is 23.8 Å². The van der Waals surface area contributed by atoms with Crippen molar-refractivity contribution in [1.29, 1.82) is 0 Å². The van der Waals surface area contributed by atoms with Gasteiger partial charge in [0.15, 0.2) is 11.5 Å². The average Bonchev–Trinajstić information content (AvgIpc) is 2.89. The van der Waals surface area contributed by atoms with Crippen molar-refractivity contribution < 1.29 is 14.3 Å². The van der Waals surface area contributed by atoms with Crippen molar-refractivity contribution >= 4 is 5.91 Å². The van der Waals surface area contributed by atoms with Crippen LogP contribution in [-0.2, 0) is 11.2 Å². The van der Waals surface area contributed by atoms with E-state index >= 15 is 0 Å². The van der Waals surface area contributed by atoms with Crippen LogP contribution in [0.15, 0.2) is 18.2 Å². The summed E-state index contributed by atoms with van der Waals surface area (Å²) in [4.78, 5) is 12.0. The first-order chi connectivity index (χ1) is 9.72. The molecule has 2 atom stereocenters. The van der Waals surface area contributed by atoms with Gasteiger partial charge in [0.25, 0.3) is 0 Å². The van der Waals surface area contributed by atoms with Gasteiger partial charge in [-0.05, 0) is 29.5 Å². The lowest BCUT2D eigenvalue weighted by Gasteiger charge is -2.10. The van der Waals surface area contributed by atoms with Gasteiger partial charge in [-0.1, -0.05) is 6.07 Å². The Balaban J connectivity index is 1.58. The van der Waals surface area contributed by atoms with Gasteiger partial charge < -0.3 is 20.1 Å². The molecule has 5 heteroatoms. The van der Waals surface area contributed by atoms with Gasteiger partial charge in [0.1, 0.15) is 0 Å². The van der Waals surface area contributed by atoms with Crippen molar-refractivity contribution in [3.63, 3.8) is 0 Å². The third-order valence-corrected chi connectivity index (χ3v) is 4.23. The number of nitrogens with one attached hydrogen (secondary N) is 2. The summed E-state index contributed by atoms with van der Waals surface area (Å²) in [5.74, 6) is 2.70. The van der Waals surface area contributed by atoms with Crippen molar-refractivity contribution in [2.45, 2.75) is 12.5 Å². The van der Waals surface area contributed by atoms with E-state index in [2.05, 4.69) is 10.6 Å². The Hall–Kier alpha value is -1.75. The number of amides is 1. The Bertz CT molecular complexity index is 508. The topological polar surface area (TPSA) is 59.6 Å². The number of ether oxygens (including phenoxy) is 2. The molecule has 0 aromatic heterocycles. The van der Waals surface area contributed by atoms with Crippen LogP contribution in [0.4, 0.5) is 0 Å². The predicted molar refractivity (Wildman–Crippen MR) is 75.0 cm³/mol. The molecule has 0 bridgehead atoms. The number of methoxy groups -OCH3 is 2. The minimum atomic E-state index is 0.0802. The lowest BCUT2D eigenvalue weighted by molar-refractivity contribution is -0.120. The molecule has 1 amide bonds. The van der Waals surface area contributed by atoms with E-state index in [1.165, 1.54) is 0 Å². The number of rotatable bonds is 5. The fraction of sp³-hybridized carbons (Fsp3) is 0.533. The smallest absolute Gasteiger partial charge is 0.224 e. The predicted octanol–water partition coefficient (Wildman–Crippen LogP) is 0.580. The van der Waals surface area contributed by atoms with Crippen LogP contribution in [0.3, 0.4) is 0 Å². The molecule has 0 radical (unpaired) electrons. The second kappa shape index (κ2) is 5.32. The Labute approximate surface area is 118 Å². The molecule has 1 saturated carbocycles. The van der Waals surface area contributed by atoms with Gasteiger partial charge in [-0.25, -0.2) is 0 Å². The molecule has 1 aliphatic heterocycles. The lowest BCUT2D eigenvalue weighted by atomic mass is 10.1. The van der Waals surface area contributed by atoms with E-state index in [1.54, 1.807) is 14.2 Å². The lowest BCUT2D eigenvalue weighted by Crippen LogP contribution is -2.33. The molecule has 1 aliphatic carbocycles. The first kappa shape index (κ1) is 13.2. The first-order valence-electron chi connectivity index (χ1n) is 6.94. The van der Waals surface area contributed by atoms with Crippen LogP contribution in [-0.4, -0.2) is 39.3 Å². The summed E-state index contributed by atoms with van der Waals surface area (Å²) in [7, 11) is 3.20. The van der Waals surface area contributed by atoms with Gasteiger partial charge in [-0.15, -0.1) is 0 Å². The van der Waals surface area contributed by atoms with E-state index in [0.29, 0.717) is 35.8 Å². The molecule has 0 spiro atoms. The molecular weight excluding hydrogens is 256 g/mol. The normalized spacial score (nSPS) is 26.8. The first-order valence-corrected chi connectivity index (χ1v) is 6.94. The molecule has 5 nitrogen and oxygen atoms in total. The van der Waals surface area contributed by atoms with Gasteiger partial charge in [0.2, 0.25) is 5.91 Å². The molecule has 2 N–H and O–H groups in total. The highest BCUT2D eigenvalue weighted by molar-refractivity contribution is 5.79. The maximum absolute atomic E-state index is 12.0. The largest absolute Gasteiger partial charge is 0.493 e. The summed E-state index contributed by atoms with van der Waals surface area (Å²) in [6.45, 7) is 2.07. The van der Waals surface area contributed by atoms with Crippen LogP contribution in [0, 0.1) is 11.8 Å². The number of piperidine rings is 1. The maximum atomic E-state index is 12.0.